The highest BCUT2D eigenvalue weighted by atomic mass is 16.3. The van der Waals surface area contributed by atoms with E-state index in [0.29, 0.717) is 0 Å². The molecule has 19 rings (SSSR count). The van der Waals surface area contributed by atoms with Gasteiger partial charge in [0.15, 0.2) is 0 Å². The number of anilines is 6. The van der Waals surface area contributed by atoms with Gasteiger partial charge in [-0.25, -0.2) is 0 Å². The molecule has 2 aliphatic rings. The molecule has 7 heteroatoms. The quantitative estimate of drug-likeness (QED) is 0.121. The smallest absolute Gasteiger partial charge is 0.252 e. The van der Waals surface area contributed by atoms with Gasteiger partial charge < -0.3 is 27.8 Å². The minimum absolute atomic E-state index is 0.0396. The van der Waals surface area contributed by atoms with E-state index in [1.165, 1.54) is 87.8 Å². The average Bonchev–Trinajstić information content (AvgIpc) is 0.730. The number of nitrogens with zero attached hydrogens (tertiary/aromatic N) is 4. The SMILES string of the molecule is CCCCc1c(N2c3cc(-n4c5ccccc5c5cc(C(C)(C)C)ccc54)ccc3B3c4ccc(-n5c6ccccc6c6cc(C(C)(C)C)ccc65)cc4N(c4c(-c5ccccc5)cc5c(oc6ccccc65)c4CCC)c4cc(C(C)(C)C)cc2c43)c(-c2ccccc2)cc2c1oc1ccccc12. The Hall–Kier alpha value is -11.3. The summed E-state index contributed by atoms with van der Waals surface area (Å²) in [6.07, 6.45) is 4.47. The van der Waals surface area contributed by atoms with Crippen molar-refractivity contribution in [3.8, 4) is 33.6 Å². The molecule has 0 fully saturated rings. The van der Waals surface area contributed by atoms with Crippen molar-refractivity contribution in [3.05, 3.63) is 283 Å². The van der Waals surface area contributed by atoms with Gasteiger partial charge in [-0.05, 0) is 177 Å². The molecule has 0 amide bonds. The molecule has 0 unspecified atom stereocenters. The van der Waals surface area contributed by atoms with E-state index in [2.05, 4.69) is 350 Å². The number of benzene rings is 13. The van der Waals surface area contributed by atoms with Gasteiger partial charge in [0.2, 0.25) is 0 Å². The lowest BCUT2D eigenvalue weighted by atomic mass is 9.33. The molecule has 0 radical (unpaired) electrons. The molecule has 0 saturated heterocycles. The second-order valence-electron chi connectivity index (χ2n) is 32.5. The zero-order valence-corrected chi connectivity index (χ0v) is 61.5. The van der Waals surface area contributed by atoms with E-state index < -0.39 is 0 Å². The molecule has 104 heavy (non-hydrogen) atoms. The van der Waals surface area contributed by atoms with Crippen LogP contribution in [-0.4, -0.2) is 15.8 Å². The Morgan fingerprint density at radius 3 is 1.16 bits per heavy atom. The van der Waals surface area contributed by atoms with Crippen LogP contribution in [0.25, 0.3) is 121 Å². The average molecular weight is 1350 g/mol. The third-order valence-corrected chi connectivity index (χ3v) is 22.9. The van der Waals surface area contributed by atoms with E-state index in [9.17, 15) is 0 Å². The Kier molecular flexibility index (Phi) is 14.5. The number of para-hydroxylation sites is 4. The minimum atomic E-state index is -0.334. The van der Waals surface area contributed by atoms with Gasteiger partial charge in [0.25, 0.3) is 6.71 Å². The fourth-order valence-corrected chi connectivity index (χ4v) is 17.7. The van der Waals surface area contributed by atoms with Gasteiger partial charge in [-0.2, -0.15) is 0 Å². The Morgan fingerprint density at radius 2 is 0.731 bits per heavy atom. The molecule has 0 atom stereocenters. The van der Waals surface area contributed by atoms with Crippen LogP contribution in [0.15, 0.2) is 264 Å². The summed E-state index contributed by atoms with van der Waals surface area (Å²) in [4.78, 5) is 5.47. The highest BCUT2D eigenvalue weighted by molar-refractivity contribution is 7.00. The van der Waals surface area contributed by atoms with Crippen LogP contribution < -0.4 is 26.2 Å². The summed E-state index contributed by atoms with van der Waals surface area (Å²) in [5, 5.41) is 9.49. The van der Waals surface area contributed by atoms with Crippen LogP contribution in [0.1, 0.15) is 123 Å². The summed E-state index contributed by atoms with van der Waals surface area (Å²) in [5.41, 5.74) is 31.7. The third-order valence-electron chi connectivity index (χ3n) is 22.9. The number of unbranched alkanes of at least 4 members (excludes halogenated alkanes) is 1. The molecule has 13 aromatic carbocycles. The number of fused-ring (bicyclic) bond motifs is 16. The van der Waals surface area contributed by atoms with Crippen molar-refractivity contribution < 1.29 is 8.83 Å². The van der Waals surface area contributed by atoms with Gasteiger partial charge in [-0.1, -0.05) is 247 Å². The summed E-state index contributed by atoms with van der Waals surface area (Å²) >= 11 is 0. The van der Waals surface area contributed by atoms with Crippen molar-refractivity contribution in [2.75, 3.05) is 9.80 Å². The summed E-state index contributed by atoms with van der Waals surface area (Å²) < 4.78 is 19.8. The van der Waals surface area contributed by atoms with Gasteiger partial charge in [0, 0.05) is 99.5 Å². The highest BCUT2D eigenvalue weighted by Crippen LogP contribution is 2.56. The second kappa shape index (κ2) is 23.6. The minimum Gasteiger partial charge on any atom is -0.456 e. The van der Waals surface area contributed by atoms with Gasteiger partial charge in [-0.15, -0.1) is 0 Å². The monoisotopic (exact) mass is 1350 g/mol. The summed E-state index contributed by atoms with van der Waals surface area (Å²) in [6.45, 7) is 25.5. The topological polar surface area (TPSA) is 42.6 Å². The molecule has 4 aromatic heterocycles. The Labute approximate surface area is 609 Å². The van der Waals surface area contributed by atoms with E-state index >= 15 is 0 Å². The largest absolute Gasteiger partial charge is 0.456 e. The number of furan rings is 2. The first-order valence-corrected chi connectivity index (χ1v) is 37.6. The lowest BCUT2D eigenvalue weighted by molar-refractivity contribution is 0.590. The molecule has 0 N–H and O–H groups in total. The second-order valence-corrected chi connectivity index (χ2v) is 32.5. The van der Waals surface area contributed by atoms with Gasteiger partial charge in [0.05, 0.1) is 33.4 Å². The Bertz CT molecular complexity index is 6380. The molecular formula is C97H85BN4O2. The molecule has 0 spiro atoms. The van der Waals surface area contributed by atoms with E-state index in [1.807, 2.05) is 0 Å². The molecule has 0 aliphatic carbocycles. The standard InChI is InChI=1S/C97H85BN4O2/c1-12-14-34-71-92(73(60-32-19-16-20-33-60)58-77-69-38-24-28-42-89(69)104-94(71)77)102-85-56-65(100-81-40-26-22-36-67(81)75-52-62(96(6,7)8)44-50-83(75)100)46-48-79(85)98-78-47-45-64(99-80-39-25-21-35-66(80)74-51-61(95(3,4)5)43-49-82(74)99)55-84(78)101(86-53-63(97(9,10)11)54-87(102)90(86)98)91-70(29-13-2)93-76(68-37-23-27-41-88(68)103-93)57-72(91)59-30-17-15-18-31-59/h15-28,30-33,35-58H,12-14,29,34H2,1-11H3. The van der Waals surface area contributed by atoms with Crippen molar-refractivity contribution in [1.29, 1.82) is 0 Å². The summed E-state index contributed by atoms with van der Waals surface area (Å²) in [7, 11) is 0. The van der Waals surface area contributed by atoms with E-state index in [-0.39, 0.29) is 23.0 Å². The van der Waals surface area contributed by atoms with Crippen molar-refractivity contribution in [2.45, 2.75) is 125 Å². The van der Waals surface area contributed by atoms with Gasteiger partial charge in [0.1, 0.15) is 22.3 Å². The lowest BCUT2D eigenvalue weighted by Crippen LogP contribution is -2.61. The maximum atomic E-state index is 7.38. The van der Waals surface area contributed by atoms with Gasteiger partial charge in [-0.3, -0.25) is 0 Å². The predicted octanol–water partition coefficient (Wildman–Crippen LogP) is 25.3. The van der Waals surface area contributed by atoms with Crippen molar-refractivity contribution >= 4 is 145 Å². The molecule has 0 saturated carbocycles. The van der Waals surface area contributed by atoms with Gasteiger partial charge >= 0.3 is 0 Å². The van der Waals surface area contributed by atoms with Crippen LogP contribution in [0, 0.1) is 0 Å². The van der Waals surface area contributed by atoms with E-state index in [4.69, 9.17) is 8.83 Å². The summed E-state index contributed by atoms with van der Waals surface area (Å²) in [6, 6.07) is 97.1. The Morgan fingerprint density at radius 1 is 0.327 bits per heavy atom. The predicted molar refractivity (Wildman–Crippen MR) is 443 cm³/mol. The molecule has 2 aliphatic heterocycles. The first kappa shape index (κ1) is 63.6. The maximum absolute atomic E-state index is 7.38. The zero-order valence-electron chi connectivity index (χ0n) is 61.5. The Balaban J connectivity index is 0.995. The van der Waals surface area contributed by atoms with E-state index in [1.54, 1.807) is 0 Å². The fourth-order valence-electron chi connectivity index (χ4n) is 17.7. The molecule has 6 heterocycles. The van der Waals surface area contributed by atoms with Crippen molar-refractivity contribution in [2.24, 2.45) is 0 Å². The van der Waals surface area contributed by atoms with Crippen LogP contribution in [0.4, 0.5) is 34.1 Å². The molecule has 17 aromatic rings. The molecule has 0 bridgehead atoms. The number of aromatic nitrogens is 2. The van der Waals surface area contributed by atoms with Crippen molar-refractivity contribution in [1.82, 2.24) is 9.13 Å². The fraction of sp³-hybridized carbons (Fsp3) is 0.196. The van der Waals surface area contributed by atoms with Crippen LogP contribution >= 0.6 is 0 Å². The number of rotatable bonds is 11. The number of aryl methyl sites for hydroxylation is 2. The first-order chi connectivity index (χ1) is 50.4. The molecular weight excluding hydrogens is 1260 g/mol. The zero-order chi connectivity index (χ0) is 70.8. The van der Waals surface area contributed by atoms with Crippen LogP contribution in [0.5, 0.6) is 0 Å². The summed E-state index contributed by atoms with van der Waals surface area (Å²) in [5.74, 6) is 0. The number of hydrogen-bond acceptors (Lipinski definition) is 4. The lowest BCUT2D eigenvalue weighted by Gasteiger charge is -2.46. The van der Waals surface area contributed by atoms with Crippen LogP contribution in [-0.2, 0) is 29.1 Å². The first-order valence-electron chi connectivity index (χ1n) is 37.6. The van der Waals surface area contributed by atoms with E-state index in [0.717, 1.165) is 144 Å². The molecule has 508 valence electrons. The van der Waals surface area contributed by atoms with Crippen LogP contribution in [0.2, 0.25) is 0 Å². The third kappa shape index (κ3) is 9.75. The maximum Gasteiger partial charge on any atom is 0.252 e. The molecule has 6 nitrogen and oxygen atoms in total. The normalized spacial score (nSPS) is 13.3. The number of hydrogen-bond donors (Lipinski definition) is 0. The van der Waals surface area contributed by atoms with Crippen LogP contribution in [0.3, 0.4) is 0 Å². The van der Waals surface area contributed by atoms with Crippen molar-refractivity contribution in [3.63, 3.8) is 0 Å². The highest BCUT2D eigenvalue weighted by Gasteiger charge is 2.47.